The van der Waals surface area contributed by atoms with Crippen LogP contribution >= 0.6 is 0 Å². The molecule has 1 aliphatic heterocycles. The molecule has 2 aromatic heterocycles. The number of halogens is 1. The molecule has 5 rings (SSSR count). The van der Waals surface area contributed by atoms with Crippen molar-refractivity contribution in [1.82, 2.24) is 34.9 Å². The number of para-hydroxylation sites is 1. The van der Waals surface area contributed by atoms with Gasteiger partial charge in [-0.05, 0) is 46.2 Å². The molecule has 4 aromatic rings. The third-order valence-corrected chi connectivity index (χ3v) is 5.70. The highest BCUT2D eigenvalue weighted by atomic mass is 19.1. The first-order valence-corrected chi connectivity index (χ1v) is 10.5. The molecule has 1 aliphatic rings. The van der Waals surface area contributed by atoms with Crippen molar-refractivity contribution in [3.63, 3.8) is 0 Å². The van der Waals surface area contributed by atoms with Gasteiger partial charge in [0.2, 0.25) is 0 Å². The molecule has 0 bridgehead atoms. The zero-order valence-corrected chi connectivity index (χ0v) is 17.6. The van der Waals surface area contributed by atoms with Crippen molar-refractivity contribution in [2.24, 2.45) is 0 Å². The molecular weight excluding hydrogens is 393 g/mol. The normalized spacial score (nSPS) is 16.6. The van der Waals surface area contributed by atoms with Crippen LogP contribution in [-0.2, 0) is 13.1 Å². The summed E-state index contributed by atoms with van der Waals surface area (Å²) in [5.74, 6) is 0.816. The second-order valence-electron chi connectivity index (χ2n) is 8.16. The first kappa shape index (κ1) is 19.6. The van der Waals surface area contributed by atoms with Crippen LogP contribution in [0.5, 0.6) is 0 Å². The summed E-state index contributed by atoms with van der Waals surface area (Å²) >= 11 is 0. The van der Waals surface area contributed by atoms with Gasteiger partial charge in [-0.3, -0.25) is 4.90 Å². The van der Waals surface area contributed by atoms with E-state index < -0.39 is 0 Å². The van der Waals surface area contributed by atoms with E-state index in [1.165, 1.54) is 12.1 Å². The van der Waals surface area contributed by atoms with E-state index in [1.807, 2.05) is 51.8 Å². The van der Waals surface area contributed by atoms with Crippen molar-refractivity contribution in [1.29, 1.82) is 0 Å². The van der Waals surface area contributed by atoms with E-state index >= 15 is 0 Å². The van der Waals surface area contributed by atoms with Crippen LogP contribution in [0.3, 0.4) is 0 Å². The molecule has 1 atom stereocenters. The van der Waals surface area contributed by atoms with Crippen molar-refractivity contribution >= 4 is 0 Å². The minimum atomic E-state index is -0.228. The van der Waals surface area contributed by atoms with E-state index in [9.17, 15) is 4.39 Å². The van der Waals surface area contributed by atoms with Gasteiger partial charge in [-0.1, -0.05) is 44.2 Å². The lowest BCUT2D eigenvalue weighted by Crippen LogP contribution is -2.39. The smallest absolute Gasteiger partial charge is 0.173 e. The molecule has 8 heteroatoms. The molecule has 0 amide bonds. The van der Waals surface area contributed by atoms with Gasteiger partial charge < -0.3 is 0 Å². The molecule has 0 aliphatic carbocycles. The molecular formula is C23H24FN7. The number of hydrogen-bond donors (Lipinski definition) is 0. The van der Waals surface area contributed by atoms with Crippen LogP contribution in [0.25, 0.3) is 5.69 Å². The van der Waals surface area contributed by atoms with Gasteiger partial charge in [-0.2, -0.15) is 5.10 Å². The molecule has 31 heavy (non-hydrogen) atoms. The number of aromatic nitrogens is 6. The maximum absolute atomic E-state index is 13.4. The summed E-state index contributed by atoms with van der Waals surface area (Å²) in [4.78, 5) is 2.34. The van der Waals surface area contributed by atoms with Crippen LogP contribution in [0.1, 0.15) is 48.5 Å². The fourth-order valence-corrected chi connectivity index (χ4v) is 4.19. The molecule has 158 valence electrons. The van der Waals surface area contributed by atoms with Crippen LogP contribution in [0.2, 0.25) is 0 Å². The third-order valence-electron chi connectivity index (χ3n) is 5.70. The molecule has 0 spiro atoms. The number of fused-ring (bicyclic) bond motifs is 1. The number of hydrogen-bond acceptors (Lipinski definition) is 5. The van der Waals surface area contributed by atoms with Crippen molar-refractivity contribution < 1.29 is 4.39 Å². The zero-order valence-electron chi connectivity index (χ0n) is 17.6. The predicted molar refractivity (Wildman–Crippen MR) is 114 cm³/mol. The average Bonchev–Trinajstić information content (AvgIpc) is 3.43. The second kappa shape index (κ2) is 8.03. The Morgan fingerprint density at radius 2 is 1.81 bits per heavy atom. The molecule has 1 unspecified atom stereocenters. The summed E-state index contributed by atoms with van der Waals surface area (Å²) in [6, 6.07) is 16.6. The maximum Gasteiger partial charge on any atom is 0.173 e. The first-order chi connectivity index (χ1) is 15.1. The lowest BCUT2D eigenvalue weighted by molar-refractivity contribution is 0.163. The van der Waals surface area contributed by atoms with E-state index in [0.717, 1.165) is 34.9 Å². The number of nitrogens with zero attached hydrogens (tertiary/aromatic N) is 7. The van der Waals surface area contributed by atoms with Crippen LogP contribution in [0.4, 0.5) is 4.39 Å². The third kappa shape index (κ3) is 3.74. The van der Waals surface area contributed by atoms with Gasteiger partial charge in [0.05, 0.1) is 17.9 Å². The Balaban J connectivity index is 1.59. The monoisotopic (exact) mass is 417 g/mol. The highest BCUT2D eigenvalue weighted by Gasteiger charge is 2.35. The molecule has 0 saturated carbocycles. The van der Waals surface area contributed by atoms with E-state index in [4.69, 9.17) is 5.10 Å². The number of tetrazole rings is 1. The van der Waals surface area contributed by atoms with Crippen molar-refractivity contribution in [2.75, 3.05) is 6.54 Å². The molecule has 2 aromatic carbocycles. The molecule has 0 fully saturated rings. The topological polar surface area (TPSA) is 64.7 Å². The first-order valence-electron chi connectivity index (χ1n) is 10.5. The van der Waals surface area contributed by atoms with Gasteiger partial charge in [-0.25, -0.2) is 13.8 Å². The molecule has 0 saturated heterocycles. The Labute approximate surface area is 180 Å². The van der Waals surface area contributed by atoms with Crippen LogP contribution < -0.4 is 0 Å². The van der Waals surface area contributed by atoms with E-state index in [1.54, 1.807) is 0 Å². The Morgan fingerprint density at radius 3 is 2.55 bits per heavy atom. The molecule has 0 radical (unpaired) electrons. The lowest BCUT2D eigenvalue weighted by atomic mass is 9.97. The van der Waals surface area contributed by atoms with E-state index in [0.29, 0.717) is 13.1 Å². The van der Waals surface area contributed by atoms with Crippen molar-refractivity contribution in [3.05, 3.63) is 89.3 Å². The minimum absolute atomic E-state index is 0.135. The quantitative estimate of drug-likeness (QED) is 0.495. The van der Waals surface area contributed by atoms with Gasteiger partial charge >= 0.3 is 0 Å². The summed E-state index contributed by atoms with van der Waals surface area (Å²) in [5.41, 5.74) is 4.18. The fraction of sp³-hybridized carbons (Fsp3) is 0.304. The highest BCUT2D eigenvalue weighted by Crippen LogP contribution is 2.35. The van der Waals surface area contributed by atoms with Crippen LogP contribution in [0.15, 0.2) is 60.8 Å². The largest absolute Gasteiger partial charge is 0.283 e. The minimum Gasteiger partial charge on any atom is -0.283 e. The Morgan fingerprint density at radius 1 is 1.03 bits per heavy atom. The summed E-state index contributed by atoms with van der Waals surface area (Å²) in [5, 5.41) is 17.4. The standard InChI is InChI=1S/C23H24FN7/c1-16(2)21-20(15-31(26-21)19-6-4-3-5-7-19)22-23-25-27-28-30(23)13-12-29(22)14-17-8-10-18(24)11-9-17/h3-11,15-16,22H,12-14H2,1-2H3. The molecule has 0 N–H and O–H groups in total. The summed E-state index contributed by atoms with van der Waals surface area (Å²) in [7, 11) is 0. The van der Waals surface area contributed by atoms with Crippen molar-refractivity contribution in [3.8, 4) is 5.69 Å². The van der Waals surface area contributed by atoms with Crippen LogP contribution in [-0.4, -0.2) is 41.4 Å². The van der Waals surface area contributed by atoms with Gasteiger partial charge in [0.1, 0.15) is 11.9 Å². The molecule has 3 heterocycles. The second-order valence-corrected chi connectivity index (χ2v) is 8.16. The number of rotatable bonds is 5. The Kier molecular flexibility index (Phi) is 5.07. The van der Waals surface area contributed by atoms with E-state index in [-0.39, 0.29) is 17.8 Å². The van der Waals surface area contributed by atoms with Gasteiger partial charge in [0, 0.05) is 24.8 Å². The summed E-state index contributed by atoms with van der Waals surface area (Å²) in [6.45, 7) is 6.47. The lowest BCUT2D eigenvalue weighted by Gasteiger charge is -2.34. The Hall–Kier alpha value is -3.39. The maximum atomic E-state index is 13.4. The summed E-state index contributed by atoms with van der Waals surface area (Å²) < 4.78 is 17.2. The average molecular weight is 417 g/mol. The predicted octanol–water partition coefficient (Wildman–Crippen LogP) is 3.73. The summed E-state index contributed by atoms with van der Waals surface area (Å²) in [6.07, 6.45) is 2.09. The van der Waals surface area contributed by atoms with Gasteiger partial charge in [0.25, 0.3) is 0 Å². The van der Waals surface area contributed by atoms with Gasteiger partial charge in [-0.15, -0.1) is 5.10 Å². The fourth-order valence-electron chi connectivity index (χ4n) is 4.19. The van der Waals surface area contributed by atoms with E-state index in [2.05, 4.69) is 40.5 Å². The number of benzene rings is 2. The highest BCUT2D eigenvalue weighted by molar-refractivity contribution is 5.37. The molecule has 7 nitrogen and oxygen atoms in total. The zero-order chi connectivity index (χ0) is 21.4. The Bertz CT molecular complexity index is 1160. The van der Waals surface area contributed by atoms with Gasteiger partial charge in [0.15, 0.2) is 5.82 Å². The SMILES string of the molecule is CC(C)c1nn(-c2ccccc2)cc1C1c2nnnn2CCN1Cc1ccc(F)cc1. The van der Waals surface area contributed by atoms with Crippen molar-refractivity contribution in [2.45, 2.75) is 38.9 Å². The van der Waals surface area contributed by atoms with Crippen LogP contribution in [0, 0.1) is 5.82 Å².